The number of carbonyl (C=O) groups excluding carboxylic acids is 3. The molecular weight excluding hydrogens is 684 g/mol. The molecule has 0 spiro atoms. The van der Waals surface area contributed by atoms with Crippen molar-refractivity contribution in [3.05, 3.63) is 77.6 Å². The van der Waals surface area contributed by atoms with Crippen LogP contribution in [0.25, 0.3) is 11.1 Å². The lowest BCUT2D eigenvalue weighted by Gasteiger charge is -2.34. The van der Waals surface area contributed by atoms with E-state index >= 15 is 0 Å². The molecule has 1 aliphatic heterocycles. The number of benzene rings is 1. The molecule has 1 aromatic carbocycles. The lowest BCUT2D eigenvalue weighted by atomic mass is 10.0. The van der Waals surface area contributed by atoms with Crippen molar-refractivity contribution in [3.63, 3.8) is 0 Å². The summed E-state index contributed by atoms with van der Waals surface area (Å²) in [7, 11) is 0. The number of nitrogens with zero attached hydrogens (tertiary/aromatic N) is 6. The molecule has 1 amide bonds. The van der Waals surface area contributed by atoms with E-state index in [-0.39, 0.29) is 24.9 Å². The maximum absolute atomic E-state index is 13.3. The van der Waals surface area contributed by atoms with Crippen molar-refractivity contribution in [1.82, 2.24) is 29.7 Å². The van der Waals surface area contributed by atoms with Gasteiger partial charge in [-0.2, -0.15) is 0 Å². The van der Waals surface area contributed by atoms with Crippen molar-refractivity contribution in [1.29, 1.82) is 0 Å². The predicted molar refractivity (Wildman–Crippen MR) is 209 cm³/mol. The summed E-state index contributed by atoms with van der Waals surface area (Å²) in [5.74, 6) is -0.0162. The maximum atomic E-state index is 13.3. The minimum atomic E-state index is -0.688. The van der Waals surface area contributed by atoms with Crippen LogP contribution < -0.4 is 0 Å². The second-order valence-electron chi connectivity index (χ2n) is 17.0. The third kappa shape index (κ3) is 14.4. The molecule has 0 N–H and O–H groups in total. The van der Waals surface area contributed by atoms with Gasteiger partial charge in [-0.1, -0.05) is 24.3 Å². The van der Waals surface area contributed by atoms with Crippen LogP contribution in [0.5, 0.6) is 0 Å². The van der Waals surface area contributed by atoms with Crippen molar-refractivity contribution in [2.45, 2.75) is 118 Å². The summed E-state index contributed by atoms with van der Waals surface area (Å²) < 4.78 is 16.6. The number of rotatable bonds is 13. The maximum Gasteiger partial charge on any atom is 0.410 e. The van der Waals surface area contributed by atoms with E-state index in [0.29, 0.717) is 25.2 Å². The van der Waals surface area contributed by atoms with Gasteiger partial charge in [0.05, 0.1) is 12.6 Å². The molecule has 3 heterocycles. The molecule has 1 aliphatic rings. The lowest BCUT2D eigenvalue weighted by Crippen LogP contribution is -2.48. The Morgan fingerprint density at radius 2 is 1.33 bits per heavy atom. The summed E-state index contributed by atoms with van der Waals surface area (Å²) in [6, 6.07) is 12.1. The smallest absolute Gasteiger partial charge is 0.410 e. The first-order valence-electron chi connectivity index (χ1n) is 19.0. The molecular formula is C42H60N6O6. The van der Waals surface area contributed by atoms with Crippen molar-refractivity contribution in [2.75, 3.05) is 39.3 Å². The SMILES string of the molecule is CC(c1ncc(-c2ccnc(Cc3cccc(CN4CCN(CC(=O)OC(C)(C)C)CC4)c3)c2)cn1)N(CCCC(=O)OC(C)(C)C)C(=O)OC(C)(C)C. The van der Waals surface area contributed by atoms with Gasteiger partial charge in [0.2, 0.25) is 0 Å². The molecule has 54 heavy (non-hydrogen) atoms. The number of amides is 1. The van der Waals surface area contributed by atoms with Crippen molar-refractivity contribution in [2.24, 2.45) is 0 Å². The Morgan fingerprint density at radius 1 is 0.741 bits per heavy atom. The van der Waals surface area contributed by atoms with Gasteiger partial charge in [-0.25, -0.2) is 14.8 Å². The molecule has 12 nitrogen and oxygen atoms in total. The van der Waals surface area contributed by atoms with Gasteiger partial charge in [0.15, 0.2) is 5.82 Å². The normalized spacial score (nSPS) is 15.0. The van der Waals surface area contributed by atoms with E-state index in [0.717, 1.165) is 49.5 Å². The number of pyridine rings is 1. The Morgan fingerprint density at radius 3 is 1.96 bits per heavy atom. The molecule has 1 fully saturated rings. The second kappa shape index (κ2) is 18.3. The third-order valence-electron chi connectivity index (χ3n) is 8.51. The standard InChI is InChI=1S/C42H60N6O6/c1-30(48(39(51)54-42(8,9)10)18-12-15-36(49)52-40(2,3)4)38-44-26-34(27-45-38)33-16-17-43-35(25-33)24-31-13-11-14-32(23-31)28-46-19-21-47(22-20-46)29-37(50)53-41(5,6)7/h11,13-14,16-17,23,25-27,30H,12,15,18-22,24,28-29H2,1-10H3. The average molecular weight is 745 g/mol. The van der Waals surface area contributed by atoms with Crippen LogP contribution in [0.1, 0.15) is 111 Å². The van der Waals surface area contributed by atoms with Gasteiger partial charge in [-0.05, 0) is 104 Å². The van der Waals surface area contributed by atoms with Crippen LogP contribution in [0.2, 0.25) is 0 Å². The molecule has 0 aliphatic carbocycles. The van der Waals surface area contributed by atoms with Crippen LogP contribution in [0.3, 0.4) is 0 Å². The quantitative estimate of drug-likeness (QED) is 0.133. The first-order chi connectivity index (χ1) is 25.2. The zero-order valence-electron chi connectivity index (χ0n) is 34.0. The summed E-state index contributed by atoms with van der Waals surface area (Å²) in [6.07, 6.45) is 6.10. The number of aromatic nitrogens is 3. The van der Waals surface area contributed by atoms with Gasteiger partial charge in [0.25, 0.3) is 0 Å². The minimum absolute atomic E-state index is 0.174. The Labute approximate surface area is 321 Å². The molecule has 0 bridgehead atoms. The molecule has 2 aromatic heterocycles. The molecule has 4 rings (SSSR count). The van der Waals surface area contributed by atoms with Gasteiger partial charge in [-0.3, -0.25) is 29.3 Å². The summed E-state index contributed by atoms with van der Waals surface area (Å²) in [6.45, 7) is 23.4. The van der Waals surface area contributed by atoms with Crippen LogP contribution in [0.4, 0.5) is 4.79 Å². The molecule has 3 aromatic rings. The fraction of sp³-hybridized carbons (Fsp3) is 0.571. The number of ether oxygens (including phenoxy) is 3. The number of esters is 2. The fourth-order valence-corrected chi connectivity index (χ4v) is 6.11. The van der Waals surface area contributed by atoms with Gasteiger partial charge < -0.3 is 14.2 Å². The van der Waals surface area contributed by atoms with Crippen molar-refractivity contribution in [3.8, 4) is 11.1 Å². The first-order valence-corrected chi connectivity index (χ1v) is 19.0. The van der Waals surface area contributed by atoms with Crippen LogP contribution in [0.15, 0.2) is 55.0 Å². The van der Waals surface area contributed by atoms with Crippen LogP contribution in [-0.4, -0.2) is 104 Å². The average Bonchev–Trinajstić information content (AvgIpc) is 3.05. The first kappa shape index (κ1) is 42.3. The predicted octanol–water partition coefficient (Wildman–Crippen LogP) is 7.01. The molecule has 1 saturated heterocycles. The lowest BCUT2D eigenvalue weighted by molar-refractivity contribution is -0.157. The highest BCUT2D eigenvalue weighted by molar-refractivity contribution is 5.72. The van der Waals surface area contributed by atoms with Gasteiger partial charge >= 0.3 is 18.0 Å². The summed E-state index contributed by atoms with van der Waals surface area (Å²) in [5.41, 5.74) is 3.40. The van der Waals surface area contributed by atoms with Crippen LogP contribution in [-0.2, 0) is 36.8 Å². The zero-order chi connectivity index (χ0) is 39.7. The van der Waals surface area contributed by atoms with Gasteiger partial charge in [-0.15, -0.1) is 0 Å². The summed E-state index contributed by atoms with van der Waals surface area (Å²) in [4.78, 5) is 58.0. The highest BCUT2D eigenvalue weighted by atomic mass is 16.6. The Kier molecular flexibility index (Phi) is 14.3. The van der Waals surface area contributed by atoms with E-state index in [2.05, 4.69) is 55.1 Å². The third-order valence-corrected chi connectivity index (χ3v) is 8.51. The molecule has 1 unspecified atom stereocenters. The summed E-state index contributed by atoms with van der Waals surface area (Å²) >= 11 is 0. The zero-order valence-corrected chi connectivity index (χ0v) is 34.0. The van der Waals surface area contributed by atoms with E-state index < -0.39 is 28.9 Å². The molecule has 294 valence electrons. The van der Waals surface area contributed by atoms with Gasteiger partial charge in [0.1, 0.15) is 16.8 Å². The molecule has 0 radical (unpaired) electrons. The summed E-state index contributed by atoms with van der Waals surface area (Å²) in [5, 5.41) is 0. The number of hydrogen-bond donors (Lipinski definition) is 0. The molecule has 1 atom stereocenters. The Bertz CT molecular complexity index is 1700. The minimum Gasteiger partial charge on any atom is -0.460 e. The molecule has 0 saturated carbocycles. The highest BCUT2D eigenvalue weighted by Gasteiger charge is 2.29. The van der Waals surface area contributed by atoms with E-state index in [1.165, 1.54) is 11.1 Å². The van der Waals surface area contributed by atoms with E-state index in [9.17, 15) is 14.4 Å². The van der Waals surface area contributed by atoms with Crippen molar-refractivity contribution >= 4 is 18.0 Å². The highest BCUT2D eigenvalue weighted by Crippen LogP contribution is 2.25. The topological polar surface area (TPSA) is 127 Å². The number of carbonyl (C=O) groups is 3. The second-order valence-corrected chi connectivity index (χ2v) is 17.0. The fourth-order valence-electron chi connectivity index (χ4n) is 6.11. The van der Waals surface area contributed by atoms with Gasteiger partial charge in [0, 0.05) is 82.0 Å². The Balaban J connectivity index is 1.36. The van der Waals surface area contributed by atoms with E-state index in [1.54, 1.807) is 23.5 Å². The largest absolute Gasteiger partial charge is 0.460 e. The van der Waals surface area contributed by atoms with E-state index in [4.69, 9.17) is 14.2 Å². The number of hydrogen-bond acceptors (Lipinski definition) is 11. The van der Waals surface area contributed by atoms with Crippen LogP contribution >= 0.6 is 0 Å². The molecule has 12 heteroatoms. The van der Waals surface area contributed by atoms with Crippen LogP contribution in [0, 0.1) is 0 Å². The number of piperazine rings is 1. The monoisotopic (exact) mass is 744 g/mol. The van der Waals surface area contributed by atoms with E-state index in [1.807, 2.05) is 75.3 Å². The van der Waals surface area contributed by atoms with Crippen molar-refractivity contribution < 1.29 is 28.6 Å². The Hall–Kier alpha value is -4.42.